The van der Waals surface area contributed by atoms with Gasteiger partial charge in [-0.25, -0.2) is 9.38 Å². The molecule has 0 amide bonds. The molecule has 1 heterocycles. The topological polar surface area (TPSA) is 36.8 Å². The fraction of sp³-hybridized carbons (Fsp3) is 0.263. The van der Waals surface area contributed by atoms with Crippen molar-refractivity contribution < 1.29 is 4.39 Å². The van der Waals surface area contributed by atoms with Gasteiger partial charge in [-0.05, 0) is 35.6 Å². The van der Waals surface area contributed by atoms with Gasteiger partial charge in [-0.2, -0.15) is 5.10 Å². The number of halogens is 1. The van der Waals surface area contributed by atoms with Gasteiger partial charge in [0.15, 0.2) is 5.17 Å². The summed E-state index contributed by atoms with van der Waals surface area (Å²) in [7, 11) is 0. The highest BCUT2D eigenvalue weighted by Crippen LogP contribution is 2.22. The number of benzene rings is 2. The number of hydrogen-bond acceptors (Lipinski definition) is 3. The number of rotatable bonds is 4. The Hall–Kier alpha value is -2.14. The number of para-hydroxylation sites is 1. The highest BCUT2D eigenvalue weighted by molar-refractivity contribution is 8.14. The van der Waals surface area contributed by atoms with Crippen LogP contribution < -0.4 is 5.43 Å². The highest BCUT2D eigenvalue weighted by Gasteiger charge is 2.14. The van der Waals surface area contributed by atoms with E-state index in [0.29, 0.717) is 22.5 Å². The molecule has 3 rings (SSSR count). The van der Waals surface area contributed by atoms with E-state index >= 15 is 0 Å². The number of nitrogens with one attached hydrogen (secondary N) is 1. The van der Waals surface area contributed by atoms with Crippen LogP contribution in [0.5, 0.6) is 0 Å². The van der Waals surface area contributed by atoms with Crippen molar-refractivity contribution in [1.82, 2.24) is 5.43 Å². The molecule has 0 fully saturated rings. The lowest BCUT2D eigenvalue weighted by Crippen LogP contribution is -2.25. The molecular formula is C19H20FN3S. The van der Waals surface area contributed by atoms with Crippen molar-refractivity contribution in [3.63, 3.8) is 0 Å². The fourth-order valence-electron chi connectivity index (χ4n) is 2.41. The average Bonchev–Trinajstić information content (AvgIpc) is 2.64. The Balaban J connectivity index is 1.72. The molecule has 0 bridgehead atoms. The van der Waals surface area contributed by atoms with Crippen LogP contribution in [0.1, 0.15) is 37.3 Å². The molecule has 0 spiro atoms. The van der Waals surface area contributed by atoms with E-state index in [2.05, 4.69) is 53.6 Å². The van der Waals surface area contributed by atoms with Crippen molar-refractivity contribution in [2.24, 2.45) is 10.1 Å². The number of hydrazone groups is 1. The van der Waals surface area contributed by atoms with E-state index < -0.39 is 0 Å². The van der Waals surface area contributed by atoms with Crippen LogP contribution >= 0.6 is 11.8 Å². The van der Waals surface area contributed by atoms with Gasteiger partial charge in [0, 0.05) is 5.75 Å². The Bertz CT molecular complexity index is 768. The van der Waals surface area contributed by atoms with Gasteiger partial charge in [0.25, 0.3) is 0 Å². The normalized spacial score (nSPS) is 17.3. The SMILES string of the molecule is CCC(C)c1ccc(C2=NNC(=Nc3ccccc3F)SC2)cc1. The third-order valence-corrected chi connectivity index (χ3v) is 5.01. The molecule has 1 aliphatic rings. The molecule has 0 saturated heterocycles. The molecule has 2 aromatic rings. The van der Waals surface area contributed by atoms with Crippen LogP contribution in [0, 0.1) is 5.82 Å². The van der Waals surface area contributed by atoms with Crippen molar-refractivity contribution in [2.75, 3.05) is 5.75 Å². The molecule has 5 heteroatoms. The van der Waals surface area contributed by atoms with Crippen LogP contribution in [-0.2, 0) is 0 Å². The molecule has 0 aromatic heterocycles. The maximum absolute atomic E-state index is 13.6. The summed E-state index contributed by atoms with van der Waals surface area (Å²) in [6.45, 7) is 4.43. The average molecular weight is 341 g/mol. The Morgan fingerprint density at radius 2 is 1.96 bits per heavy atom. The van der Waals surface area contributed by atoms with Crippen molar-refractivity contribution in [2.45, 2.75) is 26.2 Å². The second kappa shape index (κ2) is 7.62. The predicted octanol–water partition coefficient (Wildman–Crippen LogP) is 5.07. The fourth-order valence-corrected chi connectivity index (χ4v) is 3.19. The number of aliphatic imine (C=N–C) groups is 1. The van der Waals surface area contributed by atoms with E-state index in [1.807, 2.05) is 0 Å². The summed E-state index contributed by atoms with van der Waals surface area (Å²) < 4.78 is 13.6. The molecule has 1 N–H and O–H groups in total. The largest absolute Gasteiger partial charge is 0.255 e. The number of hydrogen-bond donors (Lipinski definition) is 1. The van der Waals surface area contributed by atoms with E-state index in [9.17, 15) is 4.39 Å². The molecule has 1 unspecified atom stereocenters. The van der Waals surface area contributed by atoms with Gasteiger partial charge in [-0.1, -0.05) is 62.0 Å². The Morgan fingerprint density at radius 3 is 2.58 bits per heavy atom. The predicted molar refractivity (Wildman–Crippen MR) is 101 cm³/mol. The zero-order chi connectivity index (χ0) is 16.9. The van der Waals surface area contributed by atoms with Crippen LogP contribution in [0.25, 0.3) is 0 Å². The Kier molecular flexibility index (Phi) is 5.30. The van der Waals surface area contributed by atoms with E-state index in [1.54, 1.807) is 18.2 Å². The first-order valence-corrected chi connectivity index (χ1v) is 9.05. The van der Waals surface area contributed by atoms with Gasteiger partial charge < -0.3 is 0 Å². The van der Waals surface area contributed by atoms with E-state index in [1.165, 1.54) is 23.4 Å². The van der Waals surface area contributed by atoms with E-state index in [4.69, 9.17) is 0 Å². The summed E-state index contributed by atoms with van der Waals surface area (Å²) in [5.41, 5.74) is 6.68. The first kappa shape index (κ1) is 16.7. The summed E-state index contributed by atoms with van der Waals surface area (Å²) in [4.78, 5) is 4.28. The zero-order valence-electron chi connectivity index (χ0n) is 13.8. The third kappa shape index (κ3) is 3.85. The third-order valence-electron chi connectivity index (χ3n) is 4.13. The van der Waals surface area contributed by atoms with Crippen molar-refractivity contribution in [3.05, 3.63) is 65.5 Å². The summed E-state index contributed by atoms with van der Waals surface area (Å²) >= 11 is 1.53. The maximum atomic E-state index is 13.6. The van der Waals surface area contributed by atoms with Gasteiger partial charge in [0.1, 0.15) is 11.5 Å². The monoisotopic (exact) mass is 341 g/mol. The van der Waals surface area contributed by atoms with Gasteiger partial charge >= 0.3 is 0 Å². The minimum absolute atomic E-state index is 0.323. The molecule has 3 nitrogen and oxygen atoms in total. The van der Waals surface area contributed by atoms with Crippen LogP contribution in [0.3, 0.4) is 0 Å². The maximum Gasteiger partial charge on any atom is 0.182 e. The van der Waals surface area contributed by atoms with Gasteiger partial charge in [-0.15, -0.1) is 0 Å². The minimum atomic E-state index is -0.331. The molecule has 1 aliphatic heterocycles. The van der Waals surface area contributed by atoms with Gasteiger partial charge in [0.2, 0.25) is 0 Å². The molecule has 0 radical (unpaired) electrons. The smallest absolute Gasteiger partial charge is 0.182 e. The lowest BCUT2D eigenvalue weighted by Gasteiger charge is -2.16. The molecule has 1 atom stereocenters. The molecule has 0 aliphatic carbocycles. The second-order valence-corrected chi connectivity index (χ2v) is 6.72. The number of amidine groups is 1. The number of thioether (sulfide) groups is 1. The van der Waals surface area contributed by atoms with Crippen molar-refractivity contribution >= 4 is 28.3 Å². The Morgan fingerprint density at radius 1 is 1.21 bits per heavy atom. The van der Waals surface area contributed by atoms with Crippen LogP contribution in [-0.4, -0.2) is 16.6 Å². The lowest BCUT2D eigenvalue weighted by molar-refractivity contribution is 0.630. The molecular weight excluding hydrogens is 321 g/mol. The molecule has 24 heavy (non-hydrogen) atoms. The number of nitrogens with zero attached hydrogens (tertiary/aromatic N) is 2. The summed E-state index contributed by atoms with van der Waals surface area (Å²) in [5, 5.41) is 5.01. The molecule has 2 aromatic carbocycles. The standard InChI is InChI=1S/C19H20FN3S/c1-3-13(2)14-8-10-15(11-9-14)18-12-24-19(23-22-18)21-17-7-5-4-6-16(17)20/h4-11,13H,3,12H2,1-2H3,(H,21,23). The van der Waals surface area contributed by atoms with Crippen LogP contribution in [0.4, 0.5) is 10.1 Å². The van der Waals surface area contributed by atoms with Gasteiger partial charge in [0.05, 0.1) is 5.71 Å². The van der Waals surface area contributed by atoms with E-state index in [0.717, 1.165) is 17.7 Å². The summed E-state index contributed by atoms with van der Waals surface area (Å²) in [6, 6.07) is 15.0. The summed E-state index contributed by atoms with van der Waals surface area (Å²) in [5.74, 6) is 0.949. The first-order chi connectivity index (χ1) is 11.7. The van der Waals surface area contributed by atoms with Crippen molar-refractivity contribution in [3.8, 4) is 0 Å². The van der Waals surface area contributed by atoms with E-state index in [-0.39, 0.29) is 5.82 Å². The molecule has 0 saturated carbocycles. The summed E-state index contributed by atoms with van der Waals surface area (Å²) in [6.07, 6.45) is 1.13. The van der Waals surface area contributed by atoms with Gasteiger partial charge in [-0.3, -0.25) is 5.43 Å². The second-order valence-electron chi connectivity index (χ2n) is 5.76. The Labute approximate surface area is 146 Å². The quantitative estimate of drug-likeness (QED) is 0.843. The molecule has 124 valence electrons. The highest BCUT2D eigenvalue weighted by atomic mass is 32.2. The van der Waals surface area contributed by atoms with Crippen LogP contribution in [0.2, 0.25) is 0 Å². The van der Waals surface area contributed by atoms with Crippen LogP contribution in [0.15, 0.2) is 58.6 Å². The minimum Gasteiger partial charge on any atom is -0.255 e. The van der Waals surface area contributed by atoms with Crippen molar-refractivity contribution in [1.29, 1.82) is 0 Å². The zero-order valence-corrected chi connectivity index (χ0v) is 14.6. The first-order valence-electron chi connectivity index (χ1n) is 8.06. The lowest BCUT2D eigenvalue weighted by atomic mass is 9.97.